The highest BCUT2D eigenvalue weighted by Crippen LogP contribution is 2.32. The van der Waals surface area contributed by atoms with Gasteiger partial charge in [0.15, 0.2) is 5.41 Å². The molecule has 17 heavy (non-hydrogen) atoms. The quantitative estimate of drug-likeness (QED) is 0.777. The van der Waals surface area contributed by atoms with E-state index in [1.165, 1.54) is 24.3 Å². The Morgan fingerprint density at radius 1 is 1.47 bits per heavy atom. The topological polar surface area (TPSA) is 72.5 Å². The lowest BCUT2D eigenvalue weighted by Crippen LogP contribution is -2.49. The second-order valence-corrected chi connectivity index (χ2v) is 3.51. The average Bonchev–Trinajstić information content (AvgIpc) is 2.32. The van der Waals surface area contributed by atoms with Crippen molar-refractivity contribution in [1.29, 1.82) is 0 Å². The molecule has 0 spiro atoms. The summed E-state index contributed by atoms with van der Waals surface area (Å²) >= 11 is 0. The number of esters is 1. The number of methoxy groups -OCH3 is 1. The largest absolute Gasteiger partial charge is 0.508 e. The van der Waals surface area contributed by atoms with E-state index in [1.807, 2.05) is 0 Å². The van der Waals surface area contributed by atoms with Crippen molar-refractivity contribution >= 4 is 5.97 Å². The molecule has 0 fully saturated rings. The molecule has 6 heteroatoms. The average molecular weight is 245 g/mol. The van der Waals surface area contributed by atoms with Crippen molar-refractivity contribution < 1.29 is 23.4 Å². The van der Waals surface area contributed by atoms with Crippen LogP contribution in [0.5, 0.6) is 5.75 Å². The van der Waals surface area contributed by atoms with Crippen molar-refractivity contribution in [1.82, 2.24) is 0 Å². The first-order chi connectivity index (χ1) is 7.98. The summed E-state index contributed by atoms with van der Waals surface area (Å²) in [5.74, 6) is -1.18. The number of carbonyl (C=O) groups is 1. The predicted molar refractivity (Wildman–Crippen MR) is 56.9 cm³/mol. The Morgan fingerprint density at radius 3 is 2.35 bits per heavy atom. The van der Waals surface area contributed by atoms with E-state index in [2.05, 4.69) is 4.74 Å². The lowest BCUT2D eigenvalue weighted by molar-refractivity contribution is -0.153. The monoisotopic (exact) mass is 245 g/mol. The summed E-state index contributed by atoms with van der Waals surface area (Å²) in [5, 5.41) is 9.09. The summed E-state index contributed by atoms with van der Waals surface area (Å²) in [6, 6.07) is 4.88. The van der Waals surface area contributed by atoms with Gasteiger partial charge in [0.2, 0.25) is 0 Å². The van der Waals surface area contributed by atoms with Crippen LogP contribution in [0.1, 0.15) is 5.56 Å². The number of hydrogen-bond donors (Lipinski definition) is 2. The molecule has 0 radical (unpaired) electrons. The fourth-order valence-corrected chi connectivity index (χ4v) is 1.56. The Morgan fingerprint density at radius 2 is 2.00 bits per heavy atom. The second kappa shape index (κ2) is 5.09. The minimum Gasteiger partial charge on any atom is -0.508 e. The predicted octanol–water partition coefficient (Wildman–Crippen LogP) is 1.03. The number of aromatic hydroxyl groups is 1. The van der Waals surface area contributed by atoms with Gasteiger partial charge >= 0.3 is 5.97 Å². The molecule has 1 atom stereocenters. The van der Waals surface area contributed by atoms with Crippen molar-refractivity contribution in [3.8, 4) is 5.75 Å². The molecule has 3 N–H and O–H groups in total. The Labute approximate surface area is 97.0 Å². The molecule has 1 rings (SSSR count). The minimum atomic E-state index is -3.00. The molecule has 0 saturated heterocycles. The van der Waals surface area contributed by atoms with Crippen molar-refractivity contribution in [2.45, 2.75) is 11.8 Å². The maximum absolute atomic E-state index is 13.1. The molecular formula is C11H13F2NO3. The molecule has 0 aliphatic rings. The van der Waals surface area contributed by atoms with Crippen molar-refractivity contribution in [2.75, 3.05) is 13.7 Å². The van der Waals surface area contributed by atoms with Crippen LogP contribution >= 0.6 is 0 Å². The number of phenols is 1. The number of alkyl halides is 2. The zero-order valence-electron chi connectivity index (χ0n) is 9.19. The van der Waals surface area contributed by atoms with Gasteiger partial charge < -0.3 is 15.6 Å². The van der Waals surface area contributed by atoms with Gasteiger partial charge in [0.1, 0.15) is 5.75 Å². The highest BCUT2D eigenvalue weighted by atomic mass is 19.3. The van der Waals surface area contributed by atoms with E-state index in [4.69, 9.17) is 10.8 Å². The normalized spacial score (nSPS) is 14.4. The van der Waals surface area contributed by atoms with Crippen LogP contribution in [0.2, 0.25) is 0 Å². The highest BCUT2D eigenvalue weighted by molar-refractivity contribution is 5.84. The molecule has 0 aromatic heterocycles. The molecule has 94 valence electrons. The van der Waals surface area contributed by atoms with Crippen LogP contribution < -0.4 is 5.73 Å². The van der Waals surface area contributed by atoms with Gasteiger partial charge in [-0.05, 0) is 17.7 Å². The fraction of sp³-hybridized carbons (Fsp3) is 0.364. The van der Waals surface area contributed by atoms with Gasteiger partial charge in [-0.2, -0.15) is 0 Å². The lowest BCUT2D eigenvalue weighted by atomic mass is 9.80. The second-order valence-electron chi connectivity index (χ2n) is 3.51. The zero-order chi connectivity index (χ0) is 13.1. The van der Waals surface area contributed by atoms with Crippen LogP contribution in [0, 0.1) is 0 Å². The van der Waals surface area contributed by atoms with E-state index in [0.717, 1.165) is 7.11 Å². The van der Waals surface area contributed by atoms with Gasteiger partial charge in [0, 0.05) is 6.54 Å². The molecule has 0 saturated carbocycles. The molecule has 0 bridgehead atoms. The third-order valence-corrected chi connectivity index (χ3v) is 2.63. The molecule has 0 aliphatic carbocycles. The first-order valence-electron chi connectivity index (χ1n) is 4.85. The van der Waals surface area contributed by atoms with Crippen LogP contribution in [-0.2, 0) is 14.9 Å². The van der Waals surface area contributed by atoms with Crippen molar-refractivity contribution in [2.24, 2.45) is 5.73 Å². The molecule has 0 amide bonds. The Balaban J connectivity index is 3.31. The number of phenolic OH excluding ortho intramolecular Hbond substituents is 1. The van der Waals surface area contributed by atoms with Crippen molar-refractivity contribution in [3.63, 3.8) is 0 Å². The van der Waals surface area contributed by atoms with Gasteiger partial charge in [-0.3, -0.25) is 4.79 Å². The maximum atomic E-state index is 13.1. The zero-order valence-corrected chi connectivity index (χ0v) is 9.19. The summed E-state index contributed by atoms with van der Waals surface area (Å²) in [6.45, 7) is -0.581. The van der Waals surface area contributed by atoms with Crippen LogP contribution in [-0.4, -0.2) is 31.2 Å². The van der Waals surface area contributed by atoms with E-state index in [-0.39, 0.29) is 11.3 Å². The Bertz CT molecular complexity index is 394. The summed E-state index contributed by atoms with van der Waals surface area (Å²) in [6.07, 6.45) is -3.00. The number of benzene rings is 1. The standard InChI is InChI=1S/C11H13F2NO3/c1-17-10(16)11(6-14,9(12)13)7-2-4-8(15)5-3-7/h2-5,9,15H,6,14H2,1H3. The van der Waals surface area contributed by atoms with Crippen molar-refractivity contribution in [3.05, 3.63) is 29.8 Å². The van der Waals surface area contributed by atoms with Crippen LogP contribution in [0.3, 0.4) is 0 Å². The summed E-state index contributed by atoms with van der Waals surface area (Å²) < 4.78 is 30.7. The van der Waals surface area contributed by atoms with E-state index < -0.39 is 24.4 Å². The Kier molecular flexibility index (Phi) is 4.01. The molecule has 1 unspecified atom stereocenters. The van der Waals surface area contributed by atoms with Gasteiger partial charge in [-0.25, -0.2) is 8.78 Å². The molecule has 1 aromatic carbocycles. The number of halogens is 2. The first-order valence-corrected chi connectivity index (χ1v) is 4.85. The number of hydrogen-bond acceptors (Lipinski definition) is 4. The lowest BCUT2D eigenvalue weighted by Gasteiger charge is -2.29. The van der Waals surface area contributed by atoms with E-state index >= 15 is 0 Å². The van der Waals surface area contributed by atoms with Gasteiger partial charge in [0.05, 0.1) is 7.11 Å². The summed E-state index contributed by atoms with van der Waals surface area (Å²) in [7, 11) is 1.02. The highest BCUT2D eigenvalue weighted by Gasteiger charge is 2.49. The first kappa shape index (κ1) is 13.4. The Hall–Kier alpha value is -1.69. The van der Waals surface area contributed by atoms with Crippen LogP contribution in [0.15, 0.2) is 24.3 Å². The number of nitrogens with two attached hydrogens (primary N) is 1. The van der Waals surface area contributed by atoms with E-state index in [0.29, 0.717) is 0 Å². The smallest absolute Gasteiger partial charge is 0.323 e. The van der Waals surface area contributed by atoms with E-state index in [9.17, 15) is 13.6 Å². The minimum absolute atomic E-state index is 0.0136. The number of rotatable bonds is 4. The van der Waals surface area contributed by atoms with E-state index in [1.54, 1.807) is 0 Å². The molecule has 0 aliphatic heterocycles. The van der Waals surface area contributed by atoms with Crippen LogP contribution in [0.25, 0.3) is 0 Å². The molecular weight excluding hydrogens is 232 g/mol. The van der Waals surface area contributed by atoms with Crippen LogP contribution in [0.4, 0.5) is 8.78 Å². The third kappa shape index (κ3) is 2.21. The van der Waals surface area contributed by atoms with Gasteiger partial charge in [-0.1, -0.05) is 12.1 Å². The third-order valence-electron chi connectivity index (χ3n) is 2.63. The molecule has 1 aromatic rings. The van der Waals surface area contributed by atoms with Gasteiger partial charge in [-0.15, -0.1) is 0 Å². The van der Waals surface area contributed by atoms with Gasteiger partial charge in [0.25, 0.3) is 6.43 Å². The number of carbonyl (C=O) groups excluding carboxylic acids is 1. The molecule has 0 heterocycles. The maximum Gasteiger partial charge on any atom is 0.323 e. The summed E-state index contributed by atoms with van der Waals surface area (Å²) in [4.78, 5) is 11.5. The SMILES string of the molecule is COC(=O)C(CN)(c1ccc(O)cc1)C(F)F. The fourth-order valence-electron chi connectivity index (χ4n) is 1.56. The number of ether oxygens (including phenoxy) is 1. The summed E-state index contributed by atoms with van der Waals surface area (Å²) in [5.41, 5.74) is 3.13. The molecule has 4 nitrogen and oxygen atoms in total.